The van der Waals surface area contributed by atoms with Gasteiger partial charge in [0.2, 0.25) is 5.54 Å². The summed E-state index contributed by atoms with van der Waals surface area (Å²) < 4.78 is 5.21. The number of hydrogen-bond acceptors (Lipinski definition) is 7. The van der Waals surface area contributed by atoms with E-state index in [2.05, 4.69) is 37.8 Å². The Hall–Kier alpha value is -4.98. The van der Waals surface area contributed by atoms with Crippen LogP contribution in [0.15, 0.2) is 42.7 Å². The van der Waals surface area contributed by atoms with E-state index >= 15 is 0 Å². The average molecular weight is 484 g/mol. The van der Waals surface area contributed by atoms with E-state index in [4.69, 9.17) is 4.74 Å². The van der Waals surface area contributed by atoms with Crippen molar-refractivity contribution in [1.82, 2.24) is 30.8 Å². The number of carbonyl (C=O) groups is 4. The van der Waals surface area contributed by atoms with Crippen LogP contribution in [0.25, 0.3) is 10.9 Å². The summed E-state index contributed by atoms with van der Waals surface area (Å²) in [6.45, 7) is 0.0696. The number of ether oxygens (including phenoxy) is 1. The van der Waals surface area contributed by atoms with Gasteiger partial charge >= 0.3 is 6.03 Å². The molecule has 0 aliphatic carbocycles. The molecule has 1 fully saturated rings. The molecule has 5 amide bonds. The minimum atomic E-state index is -1.69. The Bertz CT molecular complexity index is 1520. The van der Waals surface area contributed by atoms with Crippen LogP contribution in [0.1, 0.15) is 32.0 Å². The fourth-order valence-corrected chi connectivity index (χ4v) is 4.17. The van der Waals surface area contributed by atoms with Crippen LogP contribution >= 0.6 is 0 Å². The molecule has 5 rings (SSSR count). The molecule has 0 saturated carbocycles. The monoisotopic (exact) mass is 484 g/mol. The van der Waals surface area contributed by atoms with Gasteiger partial charge in [-0.3, -0.25) is 24.7 Å². The molecule has 2 aliphatic heterocycles. The van der Waals surface area contributed by atoms with Crippen molar-refractivity contribution in [2.45, 2.75) is 12.1 Å². The minimum absolute atomic E-state index is 0.178. The minimum Gasteiger partial charge on any atom is -0.497 e. The third kappa shape index (κ3) is 3.84. The SMILES string of the molecule is CNC(=O)c1ccc2cncc(C#C[C@]3(CN4Cc5ccc(OC)cc5C4=O)NC(=O)NC3=O)c2n1. The van der Waals surface area contributed by atoms with Crippen LogP contribution in [0.5, 0.6) is 5.75 Å². The zero-order valence-corrected chi connectivity index (χ0v) is 19.3. The Morgan fingerprint density at radius 3 is 2.78 bits per heavy atom. The number of aromatic nitrogens is 2. The fourth-order valence-electron chi connectivity index (χ4n) is 4.17. The first-order valence-electron chi connectivity index (χ1n) is 10.9. The summed E-state index contributed by atoms with van der Waals surface area (Å²) in [5, 5.41) is 7.94. The van der Waals surface area contributed by atoms with Gasteiger partial charge in [0, 0.05) is 36.9 Å². The van der Waals surface area contributed by atoms with E-state index in [1.807, 2.05) is 0 Å². The quantitative estimate of drug-likeness (QED) is 0.363. The second-order valence-electron chi connectivity index (χ2n) is 8.28. The number of urea groups is 1. The number of hydrogen-bond donors (Lipinski definition) is 3. The number of rotatable bonds is 4. The molecule has 2 aromatic heterocycles. The molecule has 0 unspecified atom stereocenters. The first-order chi connectivity index (χ1) is 17.3. The molecule has 11 nitrogen and oxygen atoms in total. The fraction of sp³-hybridized carbons (Fsp3) is 0.200. The van der Waals surface area contributed by atoms with Gasteiger partial charge in [0.1, 0.15) is 11.4 Å². The number of nitrogens with zero attached hydrogens (tertiary/aromatic N) is 3. The molecule has 3 aromatic rings. The highest BCUT2D eigenvalue weighted by atomic mass is 16.5. The third-order valence-corrected chi connectivity index (χ3v) is 6.03. The van der Waals surface area contributed by atoms with Crippen molar-refractivity contribution in [3.63, 3.8) is 0 Å². The van der Waals surface area contributed by atoms with Crippen molar-refractivity contribution >= 4 is 34.7 Å². The zero-order valence-electron chi connectivity index (χ0n) is 19.3. The number of pyridine rings is 2. The highest BCUT2D eigenvalue weighted by molar-refractivity contribution is 6.10. The largest absolute Gasteiger partial charge is 0.497 e. The van der Waals surface area contributed by atoms with Crippen LogP contribution in [0.4, 0.5) is 4.79 Å². The summed E-state index contributed by atoms with van der Waals surface area (Å²) in [6.07, 6.45) is 3.04. The van der Waals surface area contributed by atoms with Gasteiger partial charge in [0.25, 0.3) is 17.7 Å². The summed E-state index contributed by atoms with van der Waals surface area (Å²) in [6, 6.07) is 7.73. The molecule has 0 spiro atoms. The average Bonchev–Trinajstić information content (AvgIpc) is 3.35. The molecule has 1 saturated heterocycles. The Kier molecular flexibility index (Phi) is 5.49. The Morgan fingerprint density at radius 2 is 2.06 bits per heavy atom. The number of amides is 5. The summed E-state index contributed by atoms with van der Waals surface area (Å²) >= 11 is 0. The van der Waals surface area contributed by atoms with E-state index in [-0.39, 0.29) is 30.6 Å². The Balaban J connectivity index is 1.52. The van der Waals surface area contributed by atoms with E-state index in [9.17, 15) is 19.2 Å². The molecule has 3 N–H and O–H groups in total. The number of methoxy groups -OCH3 is 1. The number of benzene rings is 1. The first kappa shape index (κ1) is 22.8. The van der Waals surface area contributed by atoms with Gasteiger partial charge in [-0.25, -0.2) is 9.78 Å². The standard InChI is InChI=1S/C25H20N6O5/c1-26-21(32)19-6-4-14-10-27-11-15(20(14)28-19)7-8-25(23(34)29-24(35)30-25)13-31-12-16-3-5-17(36-2)9-18(16)22(31)33/h3-6,9-11H,12-13H2,1-2H3,(H,26,32)(H2,29,30,34,35)/t25-/m1/s1. The van der Waals surface area contributed by atoms with Gasteiger partial charge < -0.3 is 20.3 Å². The Labute approximate surface area is 205 Å². The summed E-state index contributed by atoms with van der Waals surface area (Å²) in [5.74, 6) is 4.94. The lowest BCUT2D eigenvalue weighted by Crippen LogP contribution is -2.54. The van der Waals surface area contributed by atoms with Gasteiger partial charge in [-0.2, -0.15) is 0 Å². The Morgan fingerprint density at radius 1 is 1.22 bits per heavy atom. The lowest BCUT2D eigenvalue weighted by atomic mass is 9.99. The summed E-state index contributed by atoms with van der Waals surface area (Å²) in [7, 11) is 3.01. The van der Waals surface area contributed by atoms with Crippen molar-refractivity contribution < 1.29 is 23.9 Å². The van der Waals surface area contributed by atoms with Gasteiger partial charge in [-0.1, -0.05) is 17.9 Å². The zero-order chi connectivity index (χ0) is 25.4. The molecule has 1 aromatic carbocycles. The first-order valence-corrected chi connectivity index (χ1v) is 10.9. The number of carbonyl (C=O) groups excluding carboxylic acids is 4. The molecule has 36 heavy (non-hydrogen) atoms. The highest BCUT2D eigenvalue weighted by Crippen LogP contribution is 2.28. The number of nitrogens with one attached hydrogen (secondary N) is 3. The summed E-state index contributed by atoms with van der Waals surface area (Å²) in [5.41, 5.74) is 0.503. The van der Waals surface area contributed by atoms with Crippen molar-refractivity contribution in [2.75, 3.05) is 20.7 Å². The van der Waals surface area contributed by atoms with Gasteiger partial charge in [-0.05, 0) is 29.8 Å². The third-order valence-electron chi connectivity index (χ3n) is 6.03. The van der Waals surface area contributed by atoms with Crippen LogP contribution in [-0.4, -0.2) is 64.9 Å². The highest BCUT2D eigenvalue weighted by Gasteiger charge is 2.48. The van der Waals surface area contributed by atoms with Crippen LogP contribution in [0.3, 0.4) is 0 Å². The number of imide groups is 1. The van der Waals surface area contributed by atoms with E-state index in [1.165, 1.54) is 25.3 Å². The van der Waals surface area contributed by atoms with E-state index in [0.717, 1.165) is 5.56 Å². The van der Waals surface area contributed by atoms with E-state index in [1.54, 1.807) is 36.5 Å². The molecule has 180 valence electrons. The van der Waals surface area contributed by atoms with Crippen LogP contribution in [0.2, 0.25) is 0 Å². The maximum atomic E-state index is 13.1. The van der Waals surface area contributed by atoms with Crippen LogP contribution in [0, 0.1) is 11.8 Å². The van der Waals surface area contributed by atoms with Crippen molar-refractivity contribution in [3.05, 3.63) is 65.1 Å². The van der Waals surface area contributed by atoms with Gasteiger partial charge in [-0.15, -0.1) is 0 Å². The normalized spacial score (nSPS) is 18.3. The van der Waals surface area contributed by atoms with E-state index < -0.39 is 17.5 Å². The molecule has 1 atom stereocenters. The van der Waals surface area contributed by atoms with Crippen LogP contribution in [-0.2, 0) is 11.3 Å². The number of fused-ring (bicyclic) bond motifs is 2. The maximum absolute atomic E-state index is 13.1. The second kappa shape index (κ2) is 8.66. The van der Waals surface area contributed by atoms with E-state index in [0.29, 0.717) is 27.8 Å². The maximum Gasteiger partial charge on any atom is 0.323 e. The van der Waals surface area contributed by atoms with Crippen molar-refractivity contribution in [2.24, 2.45) is 0 Å². The lowest BCUT2D eigenvalue weighted by Gasteiger charge is -2.26. The van der Waals surface area contributed by atoms with Gasteiger partial charge in [0.15, 0.2) is 0 Å². The molecule has 4 heterocycles. The molecule has 0 radical (unpaired) electrons. The van der Waals surface area contributed by atoms with Crippen molar-refractivity contribution in [1.29, 1.82) is 0 Å². The second-order valence-corrected chi connectivity index (χ2v) is 8.28. The smallest absolute Gasteiger partial charge is 0.323 e. The van der Waals surface area contributed by atoms with Gasteiger partial charge in [0.05, 0.1) is 24.7 Å². The topological polar surface area (TPSA) is 143 Å². The van der Waals surface area contributed by atoms with Crippen molar-refractivity contribution in [3.8, 4) is 17.6 Å². The molecular weight excluding hydrogens is 464 g/mol. The lowest BCUT2D eigenvalue weighted by molar-refractivity contribution is -0.122. The van der Waals surface area contributed by atoms with Crippen LogP contribution < -0.4 is 20.7 Å². The summed E-state index contributed by atoms with van der Waals surface area (Å²) in [4.78, 5) is 60.1. The predicted octanol–water partition coefficient (Wildman–Crippen LogP) is 0.584. The predicted molar refractivity (Wildman–Crippen MR) is 127 cm³/mol. The molecule has 2 aliphatic rings. The molecule has 0 bridgehead atoms. The molecule has 11 heteroatoms. The molecular formula is C25H20N6O5.